The molecular formula is C56H48BN3O. The molecule has 11 rings (SSSR count). The van der Waals surface area contributed by atoms with Crippen molar-refractivity contribution in [3.05, 3.63) is 192 Å². The quantitative estimate of drug-likeness (QED) is 0.162. The molecule has 0 aliphatic carbocycles. The van der Waals surface area contributed by atoms with E-state index in [0.717, 1.165) is 61.8 Å². The molecule has 61 heavy (non-hydrogen) atoms. The van der Waals surface area contributed by atoms with E-state index < -0.39 is 0 Å². The van der Waals surface area contributed by atoms with Crippen molar-refractivity contribution < 1.29 is 4.42 Å². The Bertz CT molecular complexity index is 3080. The monoisotopic (exact) mass is 789 g/mol. The highest BCUT2D eigenvalue weighted by atomic mass is 16.3. The summed E-state index contributed by atoms with van der Waals surface area (Å²) < 4.78 is 6.85. The molecule has 4 nitrogen and oxygen atoms in total. The number of fused-ring (bicyclic) bond motifs is 7. The van der Waals surface area contributed by atoms with E-state index in [9.17, 15) is 0 Å². The zero-order chi connectivity index (χ0) is 41.7. The van der Waals surface area contributed by atoms with Gasteiger partial charge in [-0.05, 0) is 150 Å². The second-order valence-corrected chi connectivity index (χ2v) is 18.2. The summed E-state index contributed by atoms with van der Waals surface area (Å²) in [5.41, 5.74) is 22.0. The lowest BCUT2D eigenvalue weighted by atomic mass is 9.33. The molecule has 0 saturated carbocycles. The van der Waals surface area contributed by atoms with E-state index in [1.807, 2.05) is 0 Å². The van der Waals surface area contributed by atoms with Crippen LogP contribution in [0.25, 0.3) is 21.9 Å². The zero-order valence-electron chi connectivity index (χ0n) is 35.9. The largest absolute Gasteiger partial charge is 0.454 e. The molecule has 0 bridgehead atoms. The minimum atomic E-state index is 0.00674. The summed E-state index contributed by atoms with van der Waals surface area (Å²) >= 11 is 0. The molecule has 5 heteroatoms. The van der Waals surface area contributed by atoms with Gasteiger partial charge in [-0.2, -0.15) is 0 Å². The maximum atomic E-state index is 6.85. The lowest BCUT2D eigenvalue weighted by Gasteiger charge is -2.45. The van der Waals surface area contributed by atoms with Gasteiger partial charge in [-0.25, -0.2) is 0 Å². The first-order valence-corrected chi connectivity index (χ1v) is 21.5. The lowest BCUT2D eigenvalue weighted by molar-refractivity contribution is 0.590. The second kappa shape index (κ2) is 13.8. The van der Waals surface area contributed by atoms with Gasteiger partial charge in [0, 0.05) is 50.6 Å². The first-order chi connectivity index (χ1) is 29.5. The minimum Gasteiger partial charge on any atom is -0.454 e. The zero-order valence-corrected chi connectivity index (χ0v) is 35.9. The average Bonchev–Trinajstić information content (AvgIpc) is 3.63. The van der Waals surface area contributed by atoms with Crippen molar-refractivity contribution in [1.82, 2.24) is 0 Å². The molecule has 0 atom stereocenters. The molecule has 0 radical (unpaired) electrons. The van der Waals surface area contributed by atoms with Crippen LogP contribution in [0, 0.1) is 27.7 Å². The van der Waals surface area contributed by atoms with Gasteiger partial charge < -0.3 is 19.1 Å². The van der Waals surface area contributed by atoms with Crippen LogP contribution in [-0.2, 0) is 5.41 Å². The fourth-order valence-electron chi connectivity index (χ4n) is 9.86. The third-order valence-corrected chi connectivity index (χ3v) is 12.8. The Kier molecular flexibility index (Phi) is 8.38. The van der Waals surface area contributed by atoms with Gasteiger partial charge in [0.05, 0.1) is 11.4 Å². The maximum Gasteiger partial charge on any atom is 0.252 e. The van der Waals surface area contributed by atoms with E-state index in [4.69, 9.17) is 4.42 Å². The SMILES string of the molecule is Cc1cccc(N2c3cc(C)ccc3B3c4ccc(C)cc4N(c4cccc(C)c4)c4cc(N(c5ccc(C(C)(C)C)cc5)c5cccc6c5oc5ccccc56)cc2c43)c1. The Morgan fingerprint density at radius 2 is 1.02 bits per heavy atom. The molecule has 0 fully saturated rings. The second-order valence-electron chi connectivity index (χ2n) is 18.2. The fourth-order valence-corrected chi connectivity index (χ4v) is 9.86. The third kappa shape index (κ3) is 5.97. The first kappa shape index (κ1) is 37.1. The highest BCUT2D eigenvalue weighted by molar-refractivity contribution is 7.00. The van der Waals surface area contributed by atoms with Gasteiger partial charge >= 0.3 is 0 Å². The number of rotatable bonds is 5. The van der Waals surface area contributed by atoms with Crippen LogP contribution in [0.4, 0.5) is 51.2 Å². The highest BCUT2D eigenvalue weighted by Crippen LogP contribution is 2.50. The molecule has 8 aromatic carbocycles. The Morgan fingerprint density at radius 3 is 1.59 bits per heavy atom. The Labute approximate surface area is 359 Å². The van der Waals surface area contributed by atoms with E-state index in [0.29, 0.717) is 0 Å². The highest BCUT2D eigenvalue weighted by Gasteiger charge is 2.44. The number of nitrogens with zero attached hydrogens (tertiary/aromatic N) is 3. The van der Waals surface area contributed by atoms with Crippen LogP contribution in [0.5, 0.6) is 0 Å². The number of hydrogen-bond donors (Lipinski definition) is 0. The molecule has 0 saturated heterocycles. The maximum absolute atomic E-state index is 6.85. The summed E-state index contributed by atoms with van der Waals surface area (Å²) in [4.78, 5) is 7.46. The van der Waals surface area contributed by atoms with Gasteiger partial charge in [-0.15, -0.1) is 0 Å². The molecule has 0 spiro atoms. The molecule has 0 amide bonds. The first-order valence-electron chi connectivity index (χ1n) is 21.5. The van der Waals surface area contributed by atoms with Gasteiger partial charge in [0.1, 0.15) is 5.58 Å². The molecule has 2 aliphatic heterocycles. The Balaban J connectivity index is 1.28. The number of aryl methyl sites for hydroxylation is 4. The fraction of sp³-hybridized carbons (Fsp3) is 0.143. The summed E-state index contributed by atoms with van der Waals surface area (Å²) in [6, 6.07) is 60.9. The van der Waals surface area contributed by atoms with Crippen molar-refractivity contribution in [2.75, 3.05) is 14.7 Å². The van der Waals surface area contributed by atoms with Gasteiger partial charge in [0.2, 0.25) is 0 Å². The van der Waals surface area contributed by atoms with Crippen LogP contribution >= 0.6 is 0 Å². The molecule has 2 aliphatic rings. The van der Waals surface area contributed by atoms with Crippen molar-refractivity contribution in [1.29, 1.82) is 0 Å². The average molecular weight is 790 g/mol. The molecule has 296 valence electrons. The van der Waals surface area contributed by atoms with Crippen molar-refractivity contribution in [2.24, 2.45) is 0 Å². The summed E-state index contributed by atoms with van der Waals surface area (Å²) in [5, 5.41) is 2.21. The predicted molar refractivity (Wildman–Crippen MR) is 260 cm³/mol. The van der Waals surface area contributed by atoms with E-state index in [1.54, 1.807) is 0 Å². The number of hydrogen-bond acceptors (Lipinski definition) is 4. The van der Waals surface area contributed by atoms with E-state index in [-0.39, 0.29) is 12.1 Å². The van der Waals surface area contributed by atoms with Crippen LogP contribution < -0.4 is 31.1 Å². The van der Waals surface area contributed by atoms with Gasteiger partial charge in [-0.1, -0.05) is 112 Å². The number of anilines is 9. The normalized spacial score (nSPS) is 13.1. The van der Waals surface area contributed by atoms with Crippen LogP contribution in [0.15, 0.2) is 168 Å². The van der Waals surface area contributed by atoms with Crippen LogP contribution in [-0.4, -0.2) is 6.71 Å². The van der Waals surface area contributed by atoms with Crippen molar-refractivity contribution >= 4 is 96.2 Å². The molecule has 0 unspecified atom stereocenters. The topological polar surface area (TPSA) is 22.9 Å². The summed E-state index contributed by atoms with van der Waals surface area (Å²) in [5.74, 6) is 0. The Morgan fingerprint density at radius 1 is 0.475 bits per heavy atom. The van der Waals surface area contributed by atoms with E-state index >= 15 is 0 Å². The number of furan rings is 1. The summed E-state index contributed by atoms with van der Waals surface area (Å²) in [7, 11) is 0. The molecular weight excluding hydrogens is 741 g/mol. The summed E-state index contributed by atoms with van der Waals surface area (Å²) in [6.45, 7) is 15.6. The number of benzene rings is 8. The number of para-hydroxylation sites is 2. The standard InChI is InChI=1S/C56H48BN3O/c1-35-13-10-15-41(29-35)59-49-31-37(3)21-27-46(49)57-47-28-22-38(4)32-50(47)60(42-16-11-14-36(2)30-42)52-34-43(33-51(59)54(52)57)58(40-25-23-39(24-26-40)56(5,6)7)48-19-12-18-45-44-17-8-9-20-53(44)61-55(45)48/h8-34H,1-7H3. The van der Waals surface area contributed by atoms with Crippen molar-refractivity contribution in [3.8, 4) is 0 Å². The van der Waals surface area contributed by atoms with Crippen LogP contribution in [0.2, 0.25) is 0 Å². The van der Waals surface area contributed by atoms with Crippen LogP contribution in [0.3, 0.4) is 0 Å². The van der Waals surface area contributed by atoms with Gasteiger partial charge in [0.25, 0.3) is 6.71 Å². The van der Waals surface area contributed by atoms with Gasteiger partial charge in [0.15, 0.2) is 5.58 Å². The van der Waals surface area contributed by atoms with Gasteiger partial charge in [-0.3, -0.25) is 0 Å². The van der Waals surface area contributed by atoms with E-state index in [2.05, 4.69) is 227 Å². The molecule has 3 heterocycles. The molecule has 9 aromatic rings. The molecule has 0 N–H and O–H groups in total. The predicted octanol–water partition coefficient (Wildman–Crippen LogP) is 13.7. The third-order valence-electron chi connectivity index (χ3n) is 12.8. The van der Waals surface area contributed by atoms with Crippen molar-refractivity contribution in [2.45, 2.75) is 53.9 Å². The Hall–Kier alpha value is -6.98. The van der Waals surface area contributed by atoms with Crippen molar-refractivity contribution in [3.63, 3.8) is 0 Å². The smallest absolute Gasteiger partial charge is 0.252 e. The minimum absolute atomic E-state index is 0.00674. The van der Waals surface area contributed by atoms with E-state index in [1.165, 1.54) is 55.6 Å². The molecule has 1 aromatic heterocycles. The summed E-state index contributed by atoms with van der Waals surface area (Å²) in [6.07, 6.45) is 0. The van der Waals surface area contributed by atoms with Crippen LogP contribution in [0.1, 0.15) is 48.6 Å². The lowest BCUT2D eigenvalue weighted by Crippen LogP contribution is -2.61.